The van der Waals surface area contributed by atoms with Gasteiger partial charge in [0.25, 0.3) is 100.0 Å². The number of likely N-dealkylation sites (N-methyl/N-ethyl adjacent to an activating group) is 6. The molecule has 0 spiro atoms. The molecule has 7 aromatic rings. The molecule has 6 N–H and O–H groups in total. The van der Waals surface area contributed by atoms with Crippen LogP contribution in [0.25, 0.3) is 0 Å². The fourth-order valence-electron chi connectivity index (χ4n) is 13.8. The van der Waals surface area contributed by atoms with Gasteiger partial charge in [0.2, 0.25) is 59.1 Å². The van der Waals surface area contributed by atoms with E-state index in [2.05, 4.69) is 21.3 Å². The van der Waals surface area contributed by atoms with Gasteiger partial charge in [-0.15, -0.1) is 0 Å². The summed E-state index contributed by atoms with van der Waals surface area (Å²) in [6.45, 7) is 13.9. The van der Waals surface area contributed by atoms with Gasteiger partial charge in [0.15, 0.2) is 0 Å². The number of carbonyl (C=O) groups excluding carboxylic acids is 25. The zero-order valence-corrected chi connectivity index (χ0v) is 74.9. The average Bonchev–Trinajstić information content (AvgIpc) is 1.62. The number of nitrogen functional groups attached to an aromatic ring is 1. The molecule has 7 heterocycles. The zero-order chi connectivity index (χ0) is 101. The van der Waals surface area contributed by atoms with Gasteiger partial charge in [0.1, 0.15) is 55.4 Å². The smallest absolute Gasteiger partial charge is 0.282 e. The van der Waals surface area contributed by atoms with Crippen molar-refractivity contribution in [1.82, 2.24) is 70.3 Å². The molecule has 0 fully saturated rings. The van der Waals surface area contributed by atoms with E-state index in [0.717, 1.165) is 58.3 Å². The quantitative estimate of drug-likeness (QED) is 0.0336. The van der Waals surface area contributed by atoms with Gasteiger partial charge in [-0.25, -0.2) is 0 Å². The Bertz CT molecular complexity index is 6180. The lowest BCUT2D eigenvalue weighted by Crippen LogP contribution is -2.49. The number of nitrogens with zero attached hydrogens (tertiary/aromatic N) is 12. The monoisotopic (exact) mass is 1870 g/mol. The van der Waals surface area contributed by atoms with Gasteiger partial charge in [-0.3, -0.25) is 194 Å². The third-order valence-electron chi connectivity index (χ3n) is 21.1. The van der Waals surface area contributed by atoms with Crippen molar-refractivity contribution in [2.24, 2.45) is 0 Å². The summed E-state index contributed by atoms with van der Waals surface area (Å²) in [4.78, 5) is 324. The van der Waals surface area contributed by atoms with Gasteiger partial charge in [-0.2, -0.15) is 0 Å². The predicted molar refractivity (Wildman–Crippen MR) is 469 cm³/mol. The van der Waals surface area contributed by atoms with Gasteiger partial charge in [-0.05, 0) is 114 Å². The second-order valence-electron chi connectivity index (χ2n) is 29.8. The molecule has 7 aliphatic heterocycles. The van der Waals surface area contributed by atoms with E-state index in [1.54, 1.807) is 113 Å². The second kappa shape index (κ2) is 44.1. The van der Waals surface area contributed by atoms with Gasteiger partial charge in [-0.1, -0.05) is 66.7 Å². The Balaban J connectivity index is 0.000000195. The minimum absolute atomic E-state index is 0.0477. The lowest BCUT2D eigenvalue weighted by atomic mass is 10.1. The van der Waals surface area contributed by atoms with Crippen molar-refractivity contribution in [3.8, 4) is 0 Å². The lowest BCUT2D eigenvalue weighted by molar-refractivity contribution is -0.385. The number of amides is 25. The summed E-state index contributed by atoms with van der Waals surface area (Å²) in [6.07, 6.45) is 0. The number of imide groups is 11. The number of nitrogens with one attached hydrogen (secondary N) is 4. The number of anilines is 1. The largest absolute Gasteiger partial charge is 0.398 e. The van der Waals surface area contributed by atoms with Crippen LogP contribution in [0.1, 0.15) is 214 Å². The highest BCUT2D eigenvalue weighted by atomic mass is 16.6. The number of hydrogen-bond donors (Lipinski definition) is 5. The van der Waals surface area contributed by atoms with Crippen LogP contribution in [0.3, 0.4) is 0 Å². The summed E-state index contributed by atoms with van der Waals surface area (Å²) in [5, 5.41) is 31.5. The van der Waals surface area contributed by atoms with Crippen LogP contribution in [0.4, 0.5) is 17.1 Å². The summed E-state index contributed by atoms with van der Waals surface area (Å²) < 4.78 is 0. The molecule has 0 aromatic heterocycles. The third kappa shape index (κ3) is 21.9. The van der Waals surface area contributed by atoms with Gasteiger partial charge in [0, 0.05) is 86.3 Å². The second-order valence-corrected chi connectivity index (χ2v) is 29.8. The first-order valence-corrected chi connectivity index (χ1v) is 40.9. The molecular formula is C90H87N17O29. The van der Waals surface area contributed by atoms with Crippen LogP contribution in [-0.4, -0.2) is 292 Å². The van der Waals surface area contributed by atoms with E-state index in [1.807, 2.05) is 0 Å². The van der Waals surface area contributed by atoms with Crippen molar-refractivity contribution in [1.29, 1.82) is 0 Å². The van der Waals surface area contributed by atoms with Crippen molar-refractivity contribution in [2.45, 2.75) is 87.4 Å². The standard InChI is InChI=1S/C14H14N2O4.C13H11N3O6.2C13H12N2O4.C13H14N2O3.C12H11N3O5.C12H13N3O3/c1-8(12(18)15(3)9(2)17)16-13(19)10-6-4-5-7-11(10)14(16)20;1-7(17)14(2)10(18)6-15-12(19)8-4-3-5-9(16(21)22)11(8)13(15)20;1-8(16)14(2)11(17)7-15-12(18)9-5-3-4-6-10(9)13(15)19;1-7(11(17)14-8(2)16)15-12(18)9-5-3-4-6-10(9)13(15)19;1-3-14-11(16)8(2)15-12(17)9-6-4-5-7-10(9)13(15)18;1-2-13-9(16)6-14-11(17)7-4-3-5-8(15(19)20)10(7)12(14)18;1-2-14-9(16)6-15-11(17)7-4-3-5-8(13)10(7)12(15)18/h4-8H,1-3H3;3-5H,6H2,1-2H3;3-6H,7H2,1-2H3;3-7H,1-2H3,(H,14,16,17);4-8H,3H2,1-2H3,(H,14,16);3-5H,2,6H2,1H3,(H,13,16);3-5H,2,6,13H2,1H3,(H,14,16). The summed E-state index contributed by atoms with van der Waals surface area (Å²) in [7, 11) is 3.84. The number of carbonyl (C=O) groups is 25. The highest BCUT2D eigenvalue weighted by Gasteiger charge is 2.48. The Labute approximate surface area is 771 Å². The molecule has 136 heavy (non-hydrogen) atoms. The van der Waals surface area contributed by atoms with Crippen LogP contribution >= 0.6 is 0 Å². The lowest BCUT2D eigenvalue weighted by Gasteiger charge is -2.24. The molecule has 706 valence electrons. The number of nitro benzene ring substituents is 2. The third-order valence-corrected chi connectivity index (χ3v) is 21.1. The normalized spacial score (nSPS) is 14.2. The molecule has 0 saturated carbocycles. The number of rotatable bonds is 19. The Kier molecular flexibility index (Phi) is 33.6. The van der Waals surface area contributed by atoms with E-state index in [-0.39, 0.29) is 90.8 Å². The van der Waals surface area contributed by atoms with Crippen LogP contribution in [-0.2, 0) is 52.7 Å². The first-order chi connectivity index (χ1) is 64.1. The highest BCUT2D eigenvalue weighted by Crippen LogP contribution is 2.35. The van der Waals surface area contributed by atoms with Crippen molar-refractivity contribution in [3.05, 3.63) is 250 Å². The van der Waals surface area contributed by atoms with E-state index in [4.69, 9.17) is 5.73 Å². The minimum Gasteiger partial charge on any atom is -0.398 e. The molecule has 0 radical (unpaired) electrons. The van der Waals surface area contributed by atoms with E-state index in [0.29, 0.717) is 40.6 Å². The van der Waals surface area contributed by atoms with E-state index in [1.165, 1.54) is 110 Å². The number of nitrogens with two attached hydrogens (primary N) is 1. The molecule has 46 heteroatoms. The fraction of sp³-hybridized carbons (Fsp3) is 0.256. The summed E-state index contributed by atoms with van der Waals surface area (Å²) in [6, 6.07) is 35.1. The van der Waals surface area contributed by atoms with Gasteiger partial charge < -0.3 is 21.7 Å². The Morgan fingerprint density at radius 1 is 0.324 bits per heavy atom. The Morgan fingerprint density at radius 3 is 0.860 bits per heavy atom. The fourth-order valence-corrected chi connectivity index (χ4v) is 13.8. The Hall–Kier alpha value is -17.9. The van der Waals surface area contributed by atoms with Crippen LogP contribution in [0.5, 0.6) is 0 Å². The van der Waals surface area contributed by atoms with Crippen molar-refractivity contribution in [3.63, 3.8) is 0 Å². The van der Waals surface area contributed by atoms with Crippen LogP contribution in [0.15, 0.2) is 152 Å². The predicted octanol–water partition coefficient (Wildman–Crippen LogP) is 2.63. The van der Waals surface area contributed by atoms with Crippen LogP contribution in [0.2, 0.25) is 0 Å². The molecule has 25 amide bonds. The van der Waals surface area contributed by atoms with E-state index in [9.17, 15) is 140 Å². The van der Waals surface area contributed by atoms with Gasteiger partial charge in [0.05, 0.1) is 76.6 Å². The molecule has 14 rings (SSSR count). The number of hydrogen-bond acceptors (Lipinski definition) is 30. The van der Waals surface area contributed by atoms with E-state index >= 15 is 0 Å². The molecule has 3 atom stereocenters. The molecule has 7 aromatic carbocycles. The van der Waals surface area contributed by atoms with Crippen LogP contribution in [0, 0.1) is 20.2 Å². The zero-order valence-electron chi connectivity index (χ0n) is 74.9. The maximum absolute atomic E-state index is 12.2. The van der Waals surface area contributed by atoms with Crippen molar-refractivity contribution < 1.29 is 130 Å². The summed E-state index contributed by atoms with van der Waals surface area (Å²) in [5.41, 5.74) is 7.07. The highest BCUT2D eigenvalue weighted by molar-refractivity contribution is 6.29. The molecule has 0 saturated heterocycles. The number of fused-ring (bicyclic) bond motifs is 7. The molecular weight excluding hydrogens is 1780 g/mol. The minimum atomic E-state index is -1.03. The number of nitro groups is 2. The summed E-state index contributed by atoms with van der Waals surface area (Å²) in [5.74, 6) is -13.9. The first kappa shape index (κ1) is 103. The SMILES string of the molecule is CC(=O)N(C)C(=O)C(C)N1C(=O)c2ccccc2C1=O.CC(=O)N(C)C(=O)CN1C(=O)c2cccc([N+](=O)[O-])c2C1=O.CC(=O)N(C)C(=O)CN1C(=O)c2ccccc2C1=O.CC(=O)NC(=O)C(C)N1C(=O)c2ccccc2C1=O.CCNC(=O)C(C)N1C(=O)c2ccccc2C1=O.CCNC(=O)CN1C(=O)c2cccc(N)c2C1=O.CCNC(=O)CN1C(=O)c2cccc([N+](=O)[O-])c2C1=O. The maximum atomic E-state index is 12.2. The molecule has 0 aliphatic carbocycles. The molecule has 0 bridgehead atoms. The van der Waals surface area contributed by atoms with Crippen LogP contribution < -0.4 is 27.0 Å². The molecule has 46 nitrogen and oxygen atoms in total. The maximum Gasteiger partial charge on any atom is 0.282 e. The molecule has 7 aliphatic rings. The number of benzene rings is 7. The topological polar surface area (TPSA) is 620 Å². The first-order valence-electron chi connectivity index (χ1n) is 40.9. The van der Waals surface area contributed by atoms with Gasteiger partial charge >= 0.3 is 0 Å². The average molecular weight is 1870 g/mol. The Morgan fingerprint density at radius 2 is 0.574 bits per heavy atom. The van der Waals surface area contributed by atoms with E-state index < -0.39 is 195 Å². The summed E-state index contributed by atoms with van der Waals surface area (Å²) >= 11 is 0. The molecule has 3 unspecified atom stereocenters. The van der Waals surface area contributed by atoms with Crippen molar-refractivity contribution in [2.75, 3.05) is 72.7 Å². The van der Waals surface area contributed by atoms with Crippen molar-refractivity contribution >= 4 is 165 Å².